The van der Waals surface area contributed by atoms with E-state index < -0.39 is 0 Å². The Morgan fingerprint density at radius 2 is 1.19 bits per heavy atom. The number of benzene rings is 3. The zero-order valence-corrected chi connectivity index (χ0v) is 16.6. The summed E-state index contributed by atoms with van der Waals surface area (Å²) < 4.78 is 0. The molecule has 31 heavy (non-hydrogen) atoms. The predicted molar refractivity (Wildman–Crippen MR) is 122 cm³/mol. The molecule has 0 atom stereocenters. The molecule has 1 heterocycles. The Bertz CT molecular complexity index is 1220. The van der Waals surface area contributed by atoms with Crippen LogP contribution >= 0.6 is 0 Å². The summed E-state index contributed by atoms with van der Waals surface area (Å²) in [5.74, 6) is -0.591. The molecule has 0 unspecified atom stereocenters. The molecule has 0 spiro atoms. The average Bonchev–Trinajstić information content (AvgIpc) is 3.07. The molecule has 1 aliphatic carbocycles. The molecule has 0 saturated carbocycles. The Hall–Kier alpha value is -4.31. The highest BCUT2D eigenvalue weighted by Gasteiger charge is 2.33. The molecule has 0 fully saturated rings. The molecule has 1 aliphatic rings. The predicted octanol–water partition coefficient (Wildman–Crippen LogP) is 6.01. The van der Waals surface area contributed by atoms with E-state index in [2.05, 4.69) is 34.1 Å². The van der Waals surface area contributed by atoms with Crippen LogP contribution in [0.25, 0.3) is 6.08 Å². The van der Waals surface area contributed by atoms with Crippen LogP contribution in [0.5, 0.6) is 0 Å². The third-order valence-corrected chi connectivity index (χ3v) is 5.25. The lowest BCUT2D eigenvalue weighted by molar-refractivity contribution is 0.0989. The molecule has 4 nitrogen and oxygen atoms in total. The van der Waals surface area contributed by atoms with Gasteiger partial charge < -0.3 is 4.90 Å². The van der Waals surface area contributed by atoms with Gasteiger partial charge >= 0.3 is 0 Å². The number of carbonyl (C=O) groups excluding carboxylic acids is 2. The molecule has 0 saturated heterocycles. The summed E-state index contributed by atoms with van der Waals surface area (Å²) in [5.41, 5.74) is 4.61. The summed E-state index contributed by atoms with van der Waals surface area (Å²) in [5, 5.41) is 0. The summed E-state index contributed by atoms with van der Waals surface area (Å²) in [4.78, 5) is 31.4. The van der Waals surface area contributed by atoms with Gasteiger partial charge in [0.25, 0.3) is 0 Å². The Labute approximate surface area is 180 Å². The second-order valence-corrected chi connectivity index (χ2v) is 7.21. The summed E-state index contributed by atoms with van der Waals surface area (Å²) in [7, 11) is 0. The number of rotatable bonds is 4. The maximum Gasteiger partial charge on any atom is 0.216 e. The minimum Gasteiger partial charge on any atom is -0.311 e. The average molecular weight is 402 g/mol. The van der Waals surface area contributed by atoms with Crippen LogP contribution in [-0.4, -0.2) is 16.6 Å². The van der Waals surface area contributed by atoms with Crippen LogP contribution in [0.4, 0.5) is 17.1 Å². The highest BCUT2D eigenvalue weighted by atomic mass is 16.2. The van der Waals surface area contributed by atoms with Crippen LogP contribution < -0.4 is 4.90 Å². The Balaban J connectivity index is 1.50. The lowest BCUT2D eigenvalue weighted by atomic mass is 10.1. The highest BCUT2D eigenvalue weighted by Crippen LogP contribution is 2.34. The minimum absolute atomic E-state index is 0.157. The Morgan fingerprint density at radius 3 is 1.77 bits per heavy atom. The molecule has 0 amide bonds. The summed E-state index contributed by atoms with van der Waals surface area (Å²) in [6.45, 7) is 0. The van der Waals surface area contributed by atoms with Crippen molar-refractivity contribution in [2.45, 2.75) is 0 Å². The number of pyridine rings is 1. The first-order chi connectivity index (χ1) is 15.2. The SMILES string of the molecule is O=C1/C(=C\c2ccc(N(c3ccccc3)c3ccccc3)cc2)C(=O)c2ncccc21. The number of aromatic nitrogens is 1. The number of para-hydroxylation sites is 2. The van der Waals surface area contributed by atoms with Crippen molar-refractivity contribution in [3.8, 4) is 0 Å². The summed E-state index contributed by atoms with van der Waals surface area (Å²) in [6, 6.07) is 31.4. The second kappa shape index (κ2) is 7.84. The van der Waals surface area contributed by atoms with Crippen molar-refractivity contribution in [2.24, 2.45) is 0 Å². The number of fused-ring (bicyclic) bond motifs is 1. The number of anilines is 3. The smallest absolute Gasteiger partial charge is 0.216 e. The molecular formula is C27H18N2O2. The van der Waals surface area contributed by atoms with Crippen molar-refractivity contribution in [3.63, 3.8) is 0 Å². The molecule has 1 aromatic heterocycles. The fraction of sp³-hybridized carbons (Fsp3) is 0. The molecular weight excluding hydrogens is 384 g/mol. The zero-order valence-electron chi connectivity index (χ0n) is 16.6. The van der Waals surface area contributed by atoms with Crippen molar-refractivity contribution in [1.82, 2.24) is 4.98 Å². The van der Waals surface area contributed by atoms with Crippen LogP contribution in [0.15, 0.2) is 109 Å². The topological polar surface area (TPSA) is 50.3 Å². The maximum absolute atomic E-state index is 12.6. The van der Waals surface area contributed by atoms with E-state index in [0.717, 1.165) is 22.6 Å². The van der Waals surface area contributed by atoms with E-state index in [1.54, 1.807) is 18.2 Å². The van der Waals surface area contributed by atoms with Gasteiger partial charge in [-0.15, -0.1) is 0 Å². The van der Waals surface area contributed by atoms with Crippen LogP contribution in [0.3, 0.4) is 0 Å². The van der Waals surface area contributed by atoms with Gasteiger partial charge in [0, 0.05) is 23.3 Å². The minimum atomic E-state index is -0.320. The largest absolute Gasteiger partial charge is 0.311 e. The van der Waals surface area contributed by atoms with Crippen molar-refractivity contribution in [1.29, 1.82) is 0 Å². The number of Topliss-reactive ketones (excluding diaryl/α,β-unsaturated/α-hetero) is 2. The number of carbonyl (C=O) groups is 2. The van der Waals surface area contributed by atoms with E-state index in [9.17, 15) is 9.59 Å². The second-order valence-electron chi connectivity index (χ2n) is 7.21. The Kier molecular flexibility index (Phi) is 4.73. The van der Waals surface area contributed by atoms with Crippen molar-refractivity contribution >= 4 is 34.7 Å². The molecule has 0 aliphatic heterocycles. The highest BCUT2D eigenvalue weighted by molar-refractivity contribution is 6.40. The van der Waals surface area contributed by atoms with Crippen LogP contribution in [0.1, 0.15) is 26.4 Å². The van der Waals surface area contributed by atoms with Crippen LogP contribution in [-0.2, 0) is 0 Å². The third-order valence-electron chi connectivity index (χ3n) is 5.25. The van der Waals surface area contributed by atoms with E-state index in [-0.39, 0.29) is 22.8 Å². The first kappa shape index (κ1) is 18.7. The van der Waals surface area contributed by atoms with E-state index in [4.69, 9.17) is 0 Å². The first-order valence-corrected chi connectivity index (χ1v) is 9.99. The number of nitrogens with zero attached hydrogens (tertiary/aromatic N) is 2. The summed E-state index contributed by atoms with van der Waals surface area (Å²) >= 11 is 0. The molecule has 0 bridgehead atoms. The van der Waals surface area contributed by atoms with Crippen LogP contribution in [0, 0.1) is 0 Å². The molecule has 5 rings (SSSR count). The van der Waals surface area contributed by atoms with Gasteiger partial charge in [-0.3, -0.25) is 14.6 Å². The van der Waals surface area contributed by atoms with Gasteiger partial charge in [0.1, 0.15) is 5.69 Å². The summed E-state index contributed by atoms with van der Waals surface area (Å²) in [6.07, 6.45) is 3.18. The molecule has 0 radical (unpaired) electrons. The maximum atomic E-state index is 12.6. The standard InChI is InChI=1S/C27H18N2O2/c30-26-23-12-7-17-28-25(23)27(31)24(26)18-19-13-15-22(16-14-19)29(20-8-3-1-4-9-20)21-10-5-2-6-11-21/h1-18H/b24-18+. The van der Waals surface area contributed by atoms with Gasteiger partial charge in [0.05, 0.1) is 11.1 Å². The van der Waals surface area contributed by atoms with Gasteiger partial charge in [-0.1, -0.05) is 48.5 Å². The van der Waals surface area contributed by atoms with Crippen molar-refractivity contribution < 1.29 is 9.59 Å². The third kappa shape index (κ3) is 3.45. The van der Waals surface area contributed by atoms with Crippen molar-refractivity contribution in [2.75, 3.05) is 4.90 Å². The molecule has 148 valence electrons. The molecule has 0 N–H and O–H groups in total. The van der Waals surface area contributed by atoms with Gasteiger partial charge in [0.15, 0.2) is 5.78 Å². The van der Waals surface area contributed by atoms with E-state index in [1.807, 2.05) is 60.7 Å². The number of hydrogen-bond donors (Lipinski definition) is 0. The first-order valence-electron chi connectivity index (χ1n) is 9.99. The fourth-order valence-electron chi connectivity index (χ4n) is 3.76. The molecule has 4 aromatic rings. The van der Waals surface area contributed by atoms with E-state index in [1.165, 1.54) is 6.20 Å². The van der Waals surface area contributed by atoms with E-state index >= 15 is 0 Å². The Morgan fingerprint density at radius 1 is 0.613 bits per heavy atom. The molecule has 3 aromatic carbocycles. The van der Waals surface area contributed by atoms with Gasteiger partial charge in [0.2, 0.25) is 5.78 Å². The van der Waals surface area contributed by atoms with Gasteiger partial charge in [-0.25, -0.2) is 0 Å². The molecule has 4 heteroatoms. The normalized spacial score (nSPS) is 14.0. The fourth-order valence-corrected chi connectivity index (χ4v) is 3.76. The van der Waals surface area contributed by atoms with Crippen molar-refractivity contribution in [3.05, 3.63) is 126 Å². The number of hydrogen-bond acceptors (Lipinski definition) is 4. The number of ketones is 2. The van der Waals surface area contributed by atoms with Gasteiger partial charge in [-0.2, -0.15) is 0 Å². The lowest BCUT2D eigenvalue weighted by Crippen LogP contribution is -2.09. The van der Waals surface area contributed by atoms with Gasteiger partial charge in [-0.05, 0) is 60.2 Å². The zero-order chi connectivity index (χ0) is 21.2. The quantitative estimate of drug-likeness (QED) is 0.310. The van der Waals surface area contributed by atoms with Crippen LogP contribution in [0.2, 0.25) is 0 Å². The van der Waals surface area contributed by atoms with E-state index in [0.29, 0.717) is 5.56 Å². The number of allylic oxidation sites excluding steroid dienone is 1. The monoisotopic (exact) mass is 402 g/mol. The lowest BCUT2D eigenvalue weighted by Gasteiger charge is -2.25.